The molecule has 0 aromatic heterocycles. The molecule has 2 atom stereocenters. The van der Waals surface area contributed by atoms with E-state index in [0.29, 0.717) is 10.0 Å². The van der Waals surface area contributed by atoms with Gasteiger partial charge in [0.05, 0.1) is 24.2 Å². The maximum absolute atomic E-state index is 12.4. The largest absolute Gasteiger partial charge is 0.493 e. The number of esters is 1. The minimum atomic E-state index is -1.14. The molecule has 3 N–H and O–H groups in total. The van der Waals surface area contributed by atoms with E-state index in [9.17, 15) is 14.4 Å². The Kier molecular flexibility index (Phi) is 6.67. The fraction of sp³-hybridized carbons (Fsp3) is 0.353. The highest BCUT2D eigenvalue weighted by molar-refractivity contribution is 9.10. The molecule has 9 nitrogen and oxygen atoms in total. The van der Waals surface area contributed by atoms with Crippen LogP contribution in [0.1, 0.15) is 18.5 Å². The van der Waals surface area contributed by atoms with Crippen LogP contribution in [0.2, 0.25) is 0 Å². The van der Waals surface area contributed by atoms with Crippen molar-refractivity contribution in [2.45, 2.75) is 13.0 Å². The first kappa shape index (κ1) is 20.6. The van der Waals surface area contributed by atoms with Crippen molar-refractivity contribution in [2.24, 2.45) is 5.92 Å². The molecular formula is C17H19BrN2O7. The average molecular weight is 443 g/mol. The third kappa shape index (κ3) is 4.70. The summed E-state index contributed by atoms with van der Waals surface area (Å²) in [5.41, 5.74) is 0.735. The second-order valence-corrected chi connectivity index (χ2v) is 6.40. The van der Waals surface area contributed by atoms with E-state index in [1.54, 1.807) is 19.1 Å². The molecule has 1 aliphatic rings. The zero-order valence-electron chi connectivity index (χ0n) is 14.7. The van der Waals surface area contributed by atoms with Gasteiger partial charge in [-0.1, -0.05) is 6.58 Å². The molecule has 0 aliphatic carbocycles. The molecule has 10 heteroatoms. The number of hydrogen-bond donors (Lipinski definition) is 3. The van der Waals surface area contributed by atoms with E-state index in [4.69, 9.17) is 19.3 Å². The minimum absolute atomic E-state index is 0.179. The maximum Gasteiger partial charge on any atom is 0.341 e. The number of carboxylic acids is 1. The minimum Gasteiger partial charge on any atom is -0.493 e. The molecule has 1 aromatic rings. The quantitative estimate of drug-likeness (QED) is 0.551. The fourth-order valence-electron chi connectivity index (χ4n) is 2.66. The van der Waals surface area contributed by atoms with Crippen LogP contribution in [0.5, 0.6) is 11.5 Å². The Balaban J connectivity index is 2.44. The van der Waals surface area contributed by atoms with E-state index in [0.717, 1.165) is 0 Å². The Labute approximate surface area is 163 Å². The van der Waals surface area contributed by atoms with Crippen LogP contribution in [0.15, 0.2) is 28.9 Å². The van der Waals surface area contributed by atoms with Crippen molar-refractivity contribution in [1.29, 1.82) is 0 Å². The SMILES string of the molecule is C=C1NC(=O)N[C@H](c2cc(Br)c(OCC(=O)O)c(OC)c2)[C@H]1C(=O)OCC. The van der Waals surface area contributed by atoms with Crippen molar-refractivity contribution in [3.63, 3.8) is 0 Å². The van der Waals surface area contributed by atoms with Crippen molar-refractivity contribution < 1.29 is 33.7 Å². The van der Waals surface area contributed by atoms with Gasteiger partial charge in [0, 0.05) is 5.70 Å². The summed E-state index contributed by atoms with van der Waals surface area (Å²) in [4.78, 5) is 35.0. The summed E-state index contributed by atoms with van der Waals surface area (Å²) in [6.07, 6.45) is 0. The third-order valence-corrected chi connectivity index (χ3v) is 4.35. The number of carbonyl (C=O) groups excluding carboxylic acids is 2. The highest BCUT2D eigenvalue weighted by atomic mass is 79.9. The van der Waals surface area contributed by atoms with Gasteiger partial charge in [-0.2, -0.15) is 0 Å². The van der Waals surface area contributed by atoms with E-state index in [1.807, 2.05) is 0 Å². The average Bonchev–Trinajstić information content (AvgIpc) is 2.59. The number of rotatable bonds is 7. The third-order valence-electron chi connectivity index (χ3n) is 3.76. The number of hydrogen-bond acceptors (Lipinski definition) is 6. The molecule has 1 aromatic carbocycles. The number of methoxy groups -OCH3 is 1. The topological polar surface area (TPSA) is 123 Å². The summed E-state index contributed by atoms with van der Waals surface area (Å²) < 4.78 is 16.0. The lowest BCUT2D eigenvalue weighted by molar-refractivity contribution is -0.148. The molecule has 1 aliphatic heterocycles. The first-order chi connectivity index (χ1) is 12.8. The van der Waals surface area contributed by atoms with Crippen molar-refractivity contribution in [1.82, 2.24) is 10.6 Å². The molecule has 146 valence electrons. The van der Waals surface area contributed by atoms with Gasteiger partial charge in [-0.25, -0.2) is 9.59 Å². The number of nitrogens with one attached hydrogen (secondary N) is 2. The zero-order chi connectivity index (χ0) is 20.1. The summed E-state index contributed by atoms with van der Waals surface area (Å²) in [5, 5.41) is 14.0. The number of aliphatic carboxylic acids is 1. The van der Waals surface area contributed by atoms with E-state index in [-0.39, 0.29) is 23.8 Å². The fourth-order valence-corrected chi connectivity index (χ4v) is 3.24. The summed E-state index contributed by atoms with van der Waals surface area (Å²) in [6, 6.07) is 1.89. The number of carbonyl (C=O) groups is 3. The molecular weight excluding hydrogens is 424 g/mol. The Morgan fingerprint density at radius 1 is 1.37 bits per heavy atom. The monoisotopic (exact) mass is 442 g/mol. The van der Waals surface area contributed by atoms with Crippen LogP contribution >= 0.6 is 15.9 Å². The van der Waals surface area contributed by atoms with Gasteiger partial charge in [-0.3, -0.25) is 4.79 Å². The number of carboxylic acid groups (broad SMARTS) is 1. The van der Waals surface area contributed by atoms with Gasteiger partial charge in [0.2, 0.25) is 0 Å². The molecule has 0 spiro atoms. The Morgan fingerprint density at radius 2 is 2.07 bits per heavy atom. The lowest BCUT2D eigenvalue weighted by Crippen LogP contribution is -2.51. The predicted octanol–water partition coefficient (Wildman–Crippen LogP) is 1.97. The van der Waals surface area contributed by atoms with Crippen LogP contribution in [0.25, 0.3) is 0 Å². The highest BCUT2D eigenvalue weighted by Gasteiger charge is 2.39. The summed E-state index contributed by atoms with van der Waals surface area (Å²) in [5.74, 6) is -2.11. The number of urea groups is 1. The Morgan fingerprint density at radius 3 is 2.67 bits per heavy atom. The maximum atomic E-state index is 12.4. The van der Waals surface area contributed by atoms with Crippen molar-refractivity contribution in [2.75, 3.05) is 20.3 Å². The van der Waals surface area contributed by atoms with Crippen LogP contribution in [-0.2, 0) is 14.3 Å². The number of ether oxygens (including phenoxy) is 3. The van der Waals surface area contributed by atoms with Crippen LogP contribution in [0, 0.1) is 5.92 Å². The van der Waals surface area contributed by atoms with Gasteiger partial charge in [-0.05, 0) is 40.5 Å². The van der Waals surface area contributed by atoms with Gasteiger partial charge < -0.3 is 30.0 Å². The lowest BCUT2D eigenvalue weighted by atomic mass is 9.89. The van der Waals surface area contributed by atoms with Crippen LogP contribution in [-0.4, -0.2) is 43.4 Å². The molecule has 1 saturated heterocycles. The second kappa shape index (κ2) is 8.76. The molecule has 2 rings (SSSR count). The van der Waals surface area contributed by atoms with E-state index < -0.39 is 36.5 Å². The van der Waals surface area contributed by atoms with Gasteiger partial charge in [-0.15, -0.1) is 0 Å². The molecule has 1 fully saturated rings. The van der Waals surface area contributed by atoms with Gasteiger partial charge in [0.1, 0.15) is 5.92 Å². The van der Waals surface area contributed by atoms with E-state index in [1.165, 1.54) is 7.11 Å². The van der Waals surface area contributed by atoms with Gasteiger partial charge in [0.25, 0.3) is 0 Å². The van der Waals surface area contributed by atoms with Crippen molar-refractivity contribution >= 4 is 33.9 Å². The number of benzene rings is 1. The summed E-state index contributed by atoms with van der Waals surface area (Å²) in [7, 11) is 1.39. The number of amides is 2. The second-order valence-electron chi connectivity index (χ2n) is 5.55. The molecule has 0 radical (unpaired) electrons. The van der Waals surface area contributed by atoms with Gasteiger partial charge in [0.15, 0.2) is 18.1 Å². The van der Waals surface area contributed by atoms with Crippen molar-refractivity contribution in [3.8, 4) is 11.5 Å². The Bertz CT molecular complexity index is 781. The summed E-state index contributed by atoms with van der Waals surface area (Å²) >= 11 is 3.31. The summed E-state index contributed by atoms with van der Waals surface area (Å²) in [6.45, 7) is 5.05. The first-order valence-corrected chi connectivity index (χ1v) is 8.72. The molecule has 0 unspecified atom stereocenters. The standard InChI is InChI=1S/C17H19BrN2O7/c1-4-26-16(23)13-8(2)19-17(24)20-14(13)9-5-10(18)15(11(6-9)25-3)27-7-12(21)22/h5-6,13-14H,2,4,7H2,1,3H3,(H,21,22)(H2,19,20,24)/t13-,14+/m0/s1. The van der Waals surface area contributed by atoms with Crippen molar-refractivity contribution in [3.05, 3.63) is 34.4 Å². The highest BCUT2D eigenvalue weighted by Crippen LogP contribution is 2.41. The van der Waals surface area contributed by atoms with E-state index in [2.05, 4.69) is 33.1 Å². The van der Waals surface area contributed by atoms with Crippen LogP contribution in [0.4, 0.5) is 4.79 Å². The zero-order valence-corrected chi connectivity index (χ0v) is 16.3. The smallest absolute Gasteiger partial charge is 0.341 e. The van der Waals surface area contributed by atoms with E-state index >= 15 is 0 Å². The van der Waals surface area contributed by atoms with Gasteiger partial charge >= 0.3 is 18.0 Å². The molecule has 2 amide bonds. The molecule has 0 bridgehead atoms. The van der Waals surface area contributed by atoms with Crippen LogP contribution in [0.3, 0.4) is 0 Å². The molecule has 27 heavy (non-hydrogen) atoms. The lowest BCUT2D eigenvalue weighted by Gasteiger charge is -2.33. The molecule has 1 heterocycles. The first-order valence-electron chi connectivity index (χ1n) is 7.93. The Hall–Kier alpha value is -2.75. The molecule has 0 saturated carbocycles. The van der Waals surface area contributed by atoms with Crippen LogP contribution < -0.4 is 20.1 Å². The predicted molar refractivity (Wildman–Crippen MR) is 97.5 cm³/mol. The normalized spacial score (nSPS) is 18.9. The number of halogens is 1.